The summed E-state index contributed by atoms with van der Waals surface area (Å²) in [4.78, 5) is -0.215. The molecular weight excluding hydrogens is 355 g/mol. The topological polar surface area (TPSA) is 83.6 Å². The molecule has 2 rings (SSSR count). The summed E-state index contributed by atoms with van der Waals surface area (Å²) in [5.74, 6) is -0.673. The number of nitrogens with zero attached hydrogens (tertiary/aromatic N) is 1. The van der Waals surface area contributed by atoms with E-state index in [4.69, 9.17) is 0 Å². The van der Waals surface area contributed by atoms with E-state index >= 15 is 0 Å². The van der Waals surface area contributed by atoms with Gasteiger partial charge in [0.25, 0.3) is 0 Å². The molecule has 0 fully saturated rings. The molecule has 2 aromatic rings. The Balaban J connectivity index is 2.31. The van der Waals surface area contributed by atoms with Crippen molar-refractivity contribution >= 4 is 20.0 Å². The van der Waals surface area contributed by atoms with Gasteiger partial charge in [-0.05, 0) is 29.8 Å². The number of hydrogen-bond donors (Lipinski definition) is 1. The summed E-state index contributed by atoms with van der Waals surface area (Å²) >= 11 is 0. The lowest BCUT2D eigenvalue weighted by atomic mass is 10.2. The molecule has 1 N–H and O–H groups in total. The number of sulfonamides is 2. The van der Waals surface area contributed by atoms with Gasteiger partial charge in [-0.3, -0.25) is 0 Å². The number of hydrogen-bond acceptors (Lipinski definition) is 4. The normalized spacial score (nSPS) is 12.5. The molecule has 0 heterocycles. The Bertz CT molecular complexity index is 941. The minimum Gasteiger partial charge on any atom is -0.207 e. The van der Waals surface area contributed by atoms with Crippen molar-refractivity contribution in [2.24, 2.45) is 0 Å². The van der Waals surface area contributed by atoms with E-state index in [2.05, 4.69) is 4.72 Å². The molecule has 0 unspecified atom stereocenters. The summed E-state index contributed by atoms with van der Waals surface area (Å²) in [7, 11) is -4.89. The van der Waals surface area contributed by atoms with E-state index in [1.54, 1.807) is 12.1 Å². The predicted octanol–water partition coefficient (Wildman–Crippen LogP) is 1.55. The van der Waals surface area contributed by atoms with Crippen molar-refractivity contribution in [3.8, 4) is 0 Å². The lowest BCUT2D eigenvalue weighted by molar-refractivity contribution is 0.519. The van der Waals surface area contributed by atoms with Crippen molar-refractivity contribution in [1.82, 2.24) is 9.03 Å². The Labute approximate surface area is 141 Å². The van der Waals surface area contributed by atoms with Crippen LogP contribution < -0.4 is 4.72 Å². The Morgan fingerprint density at radius 3 is 2.29 bits per heavy atom. The highest BCUT2D eigenvalue weighted by Gasteiger charge is 2.22. The molecule has 130 valence electrons. The van der Waals surface area contributed by atoms with Crippen LogP contribution in [0.4, 0.5) is 4.39 Å². The highest BCUT2D eigenvalue weighted by Crippen LogP contribution is 2.19. The van der Waals surface area contributed by atoms with E-state index in [0.29, 0.717) is 5.56 Å². The van der Waals surface area contributed by atoms with E-state index in [1.807, 2.05) is 0 Å². The van der Waals surface area contributed by atoms with E-state index in [0.717, 1.165) is 16.4 Å². The predicted molar refractivity (Wildman–Crippen MR) is 87.7 cm³/mol. The SMILES string of the molecule is CN(C)S(=O)(=O)c1ccccc1CNS(=O)(=O)c1cccc(F)c1. The molecule has 24 heavy (non-hydrogen) atoms. The smallest absolute Gasteiger partial charge is 0.207 e. The van der Waals surface area contributed by atoms with Crippen LogP contribution in [0, 0.1) is 5.82 Å². The lowest BCUT2D eigenvalue weighted by Gasteiger charge is -2.15. The summed E-state index contributed by atoms with van der Waals surface area (Å²) in [6.07, 6.45) is 0. The van der Waals surface area contributed by atoms with Crippen LogP contribution >= 0.6 is 0 Å². The summed E-state index contributed by atoms with van der Waals surface area (Å²) in [5, 5.41) is 0. The van der Waals surface area contributed by atoms with Crippen molar-refractivity contribution in [1.29, 1.82) is 0 Å². The van der Waals surface area contributed by atoms with Crippen molar-refractivity contribution < 1.29 is 21.2 Å². The van der Waals surface area contributed by atoms with E-state index in [1.165, 1.54) is 38.4 Å². The highest BCUT2D eigenvalue weighted by atomic mass is 32.2. The Kier molecular flexibility index (Phi) is 5.38. The average Bonchev–Trinajstić information content (AvgIpc) is 2.53. The maximum atomic E-state index is 13.2. The molecule has 0 atom stereocenters. The molecular formula is C15H17FN2O4S2. The first-order chi connectivity index (χ1) is 11.1. The first-order valence-electron chi connectivity index (χ1n) is 6.90. The van der Waals surface area contributed by atoms with E-state index in [9.17, 15) is 21.2 Å². The first kappa shape index (κ1) is 18.5. The molecule has 0 spiro atoms. The second kappa shape index (κ2) is 6.98. The molecule has 0 amide bonds. The maximum absolute atomic E-state index is 13.2. The van der Waals surface area contributed by atoms with Crippen LogP contribution in [0.2, 0.25) is 0 Å². The van der Waals surface area contributed by atoms with Crippen LogP contribution in [0.25, 0.3) is 0 Å². The molecule has 6 nitrogen and oxygen atoms in total. The van der Waals surface area contributed by atoms with Crippen LogP contribution in [0.15, 0.2) is 58.3 Å². The summed E-state index contributed by atoms with van der Waals surface area (Å²) in [6, 6.07) is 10.7. The first-order valence-corrected chi connectivity index (χ1v) is 9.82. The van der Waals surface area contributed by atoms with Gasteiger partial charge in [-0.1, -0.05) is 24.3 Å². The summed E-state index contributed by atoms with van der Waals surface area (Å²) in [5.41, 5.74) is 0.297. The van der Waals surface area contributed by atoms with Crippen LogP contribution in [-0.4, -0.2) is 35.2 Å². The van der Waals surface area contributed by atoms with Gasteiger partial charge in [-0.15, -0.1) is 0 Å². The number of benzene rings is 2. The van der Waals surface area contributed by atoms with Crippen molar-refractivity contribution in [2.45, 2.75) is 16.3 Å². The molecule has 2 aromatic carbocycles. The molecule has 0 aliphatic carbocycles. The summed E-state index contributed by atoms with van der Waals surface area (Å²) in [6.45, 7) is -0.234. The zero-order valence-electron chi connectivity index (χ0n) is 13.1. The van der Waals surface area contributed by atoms with E-state index < -0.39 is 25.9 Å². The van der Waals surface area contributed by atoms with Gasteiger partial charge in [-0.25, -0.2) is 30.3 Å². The number of halogens is 1. The van der Waals surface area contributed by atoms with Gasteiger partial charge in [0.2, 0.25) is 20.0 Å². The second-order valence-electron chi connectivity index (χ2n) is 5.18. The van der Waals surface area contributed by atoms with Crippen LogP contribution in [0.5, 0.6) is 0 Å². The molecule has 0 saturated carbocycles. The largest absolute Gasteiger partial charge is 0.242 e. The molecule has 9 heteroatoms. The Hall–Kier alpha value is -1.81. The number of nitrogens with one attached hydrogen (secondary N) is 1. The molecule has 0 bridgehead atoms. The lowest BCUT2D eigenvalue weighted by Crippen LogP contribution is -2.27. The third kappa shape index (κ3) is 3.99. The highest BCUT2D eigenvalue weighted by molar-refractivity contribution is 7.89. The van der Waals surface area contributed by atoms with Gasteiger partial charge in [0, 0.05) is 20.6 Å². The Morgan fingerprint density at radius 1 is 1.00 bits per heavy atom. The zero-order chi connectivity index (χ0) is 18.0. The van der Waals surface area contributed by atoms with Crippen molar-refractivity contribution in [3.05, 3.63) is 59.9 Å². The monoisotopic (exact) mass is 372 g/mol. The third-order valence-corrected chi connectivity index (χ3v) is 6.60. The fraction of sp³-hybridized carbons (Fsp3) is 0.200. The summed E-state index contributed by atoms with van der Waals surface area (Å²) < 4.78 is 65.5. The van der Waals surface area contributed by atoms with Gasteiger partial charge >= 0.3 is 0 Å². The van der Waals surface area contributed by atoms with Gasteiger partial charge in [0.05, 0.1) is 9.79 Å². The fourth-order valence-corrected chi connectivity index (χ4v) is 4.14. The van der Waals surface area contributed by atoms with Crippen LogP contribution in [-0.2, 0) is 26.6 Å². The van der Waals surface area contributed by atoms with Crippen LogP contribution in [0.1, 0.15) is 5.56 Å². The Morgan fingerprint density at radius 2 is 1.67 bits per heavy atom. The van der Waals surface area contributed by atoms with Gasteiger partial charge in [-0.2, -0.15) is 0 Å². The molecule has 0 saturated heterocycles. The quantitative estimate of drug-likeness (QED) is 0.834. The average molecular weight is 372 g/mol. The third-order valence-electron chi connectivity index (χ3n) is 3.29. The fourth-order valence-electron chi connectivity index (χ4n) is 1.99. The van der Waals surface area contributed by atoms with Crippen molar-refractivity contribution in [3.63, 3.8) is 0 Å². The minimum atomic E-state index is -3.96. The van der Waals surface area contributed by atoms with Gasteiger partial charge in [0.1, 0.15) is 5.82 Å². The molecule has 0 aromatic heterocycles. The molecule has 0 aliphatic heterocycles. The standard InChI is InChI=1S/C15H17FN2O4S2/c1-18(2)24(21,22)15-9-4-3-6-12(15)11-17-23(19,20)14-8-5-7-13(16)10-14/h3-10,17H,11H2,1-2H3. The van der Waals surface area contributed by atoms with Crippen molar-refractivity contribution in [2.75, 3.05) is 14.1 Å². The van der Waals surface area contributed by atoms with Gasteiger partial charge < -0.3 is 0 Å². The number of rotatable bonds is 6. The van der Waals surface area contributed by atoms with Gasteiger partial charge in [0.15, 0.2) is 0 Å². The molecule has 0 radical (unpaired) electrons. The minimum absolute atomic E-state index is 0.0111. The second-order valence-corrected chi connectivity index (χ2v) is 9.06. The van der Waals surface area contributed by atoms with Crippen LogP contribution in [0.3, 0.4) is 0 Å². The zero-order valence-corrected chi connectivity index (χ0v) is 14.7. The maximum Gasteiger partial charge on any atom is 0.242 e. The molecule has 0 aliphatic rings. The van der Waals surface area contributed by atoms with E-state index in [-0.39, 0.29) is 16.3 Å².